The number of benzene rings is 2. The molecule has 0 aliphatic carbocycles. The lowest BCUT2D eigenvalue weighted by Gasteiger charge is -2.07. The molecular formula is C18H16N4O4S. The smallest absolute Gasteiger partial charge is 0.270 e. The topological polar surface area (TPSA) is 98.9 Å². The minimum atomic E-state index is -0.428. The van der Waals surface area contributed by atoms with E-state index < -0.39 is 4.92 Å². The molecule has 0 radical (unpaired) electrons. The quantitative estimate of drug-likeness (QED) is 0.373. The summed E-state index contributed by atoms with van der Waals surface area (Å²) < 4.78 is 10.5. The number of hydrogen-bond acceptors (Lipinski definition) is 8. The van der Waals surface area contributed by atoms with E-state index in [2.05, 4.69) is 15.5 Å². The van der Waals surface area contributed by atoms with Gasteiger partial charge in [-0.15, -0.1) is 11.3 Å². The fraction of sp³-hybridized carbons (Fsp3) is 0.111. The van der Waals surface area contributed by atoms with Crippen molar-refractivity contribution in [2.24, 2.45) is 5.10 Å². The van der Waals surface area contributed by atoms with Crippen molar-refractivity contribution in [3.63, 3.8) is 0 Å². The number of hydrogen-bond donors (Lipinski definition) is 1. The highest BCUT2D eigenvalue weighted by atomic mass is 32.1. The van der Waals surface area contributed by atoms with Gasteiger partial charge in [-0.3, -0.25) is 15.5 Å². The molecule has 27 heavy (non-hydrogen) atoms. The van der Waals surface area contributed by atoms with Gasteiger partial charge in [-0.25, -0.2) is 4.98 Å². The van der Waals surface area contributed by atoms with Crippen LogP contribution in [0.15, 0.2) is 52.9 Å². The van der Waals surface area contributed by atoms with E-state index >= 15 is 0 Å². The lowest BCUT2D eigenvalue weighted by molar-refractivity contribution is -0.384. The Morgan fingerprint density at radius 2 is 2.00 bits per heavy atom. The molecule has 0 aliphatic heterocycles. The first-order valence-electron chi connectivity index (χ1n) is 7.82. The SMILES string of the molecule is COc1ccc(/C=N\Nc2nc(-c3cccc([N+](=O)[O-])c3)cs2)cc1OC. The van der Waals surface area contributed by atoms with Crippen molar-refractivity contribution in [1.82, 2.24) is 4.98 Å². The molecule has 0 saturated heterocycles. The van der Waals surface area contributed by atoms with E-state index in [0.717, 1.165) is 5.56 Å². The van der Waals surface area contributed by atoms with Crippen LogP contribution in [0.25, 0.3) is 11.3 Å². The fourth-order valence-corrected chi connectivity index (χ4v) is 3.00. The number of methoxy groups -OCH3 is 2. The van der Waals surface area contributed by atoms with Gasteiger partial charge < -0.3 is 9.47 Å². The minimum absolute atomic E-state index is 0.0292. The van der Waals surface area contributed by atoms with Crippen LogP contribution in [0.4, 0.5) is 10.8 Å². The summed E-state index contributed by atoms with van der Waals surface area (Å²) in [6.45, 7) is 0. The van der Waals surface area contributed by atoms with Crippen molar-refractivity contribution in [1.29, 1.82) is 0 Å². The van der Waals surface area contributed by atoms with Crippen LogP contribution >= 0.6 is 11.3 Å². The third kappa shape index (κ3) is 4.39. The number of nitro groups is 1. The zero-order chi connectivity index (χ0) is 19.2. The molecule has 0 spiro atoms. The van der Waals surface area contributed by atoms with Gasteiger partial charge in [-0.05, 0) is 23.8 Å². The summed E-state index contributed by atoms with van der Waals surface area (Å²) in [5, 5.41) is 17.4. The first kappa shape index (κ1) is 18.3. The van der Waals surface area contributed by atoms with Crippen LogP contribution in [-0.2, 0) is 0 Å². The number of hydrazone groups is 1. The number of thiazole rings is 1. The van der Waals surface area contributed by atoms with E-state index in [1.165, 1.54) is 23.5 Å². The molecule has 1 N–H and O–H groups in total. The van der Waals surface area contributed by atoms with E-state index in [-0.39, 0.29) is 5.69 Å². The molecule has 3 rings (SSSR count). The van der Waals surface area contributed by atoms with Crippen molar-refractivity contribution in [2.45, 2.75) is 0 Å². The van der Waals surface area contributed by atoms with Crippen molar-refractivity contribution in [2.75, 3.05) is 19.6 Å². The number of aromatic nitrogens is 1. The van der Waals surface area contributed by atoms with E-state index in [1.54, 1.807) is 44.7 Å². The summed E-state index contributed by atoms with van der Waals surface area (Å²) in [5.74, 6) is 1.26. The molecule has 1 heterocycles. The van der Waals surface area contributed by atoms with Gasteiger partial charge in [0, 0.05) is 23.1 Å². The summed E-state index contributed by atoms with van der Waals surface area (Å²) in [4.78, 5) is 14.9. The first-order chi connectivity index (χ1) is 13.1. The number of ether oxygens (including phenoxy) is 2. The lowest BCUT2D eigenvalue weighted by atomic mass is 10.1. The number of rotatable bonds is 7. The molecule has 1 aromatic heterocycles. The predicted molar refractivity (Wildman–Crippen MR) is 105 cm³/mol. The summed E-state index contributed by atoms with van der Waals surface area (Å²) in [5.41, 5.74) is 5.04. The second kappa shape index (κ2) is 8.28. The summed E-state index contributed by atoms with van der Waals surface area (Å²) in [6.07, 6.45) is 1.64. The highest BCUT2D eigenvalue weighted by Crippen LogP contribution is 2.28. The standard InChI is InChI=1S/C18H16N4O4S/c1-25-16-7-6-12(8-17(16)26-2)10-19-21-18-20-15(11-27-18)13-4-3-5-14(9-13)22(23)24/h3-11H,1-2H3,(H,20,21)/b19-10-. The van der Waals surface area contributed by atoms with Gasteiger partial charge in [-0.2, -0.15) is 5.10 Å². The van der Waals surface area contributed by atoms with Crippen LogP contribution in [-0.4, -0.2) is 30.3 Å². The maximum Gasteiger partial charge on any atom is 0.270 e. The normalized spacial score (nSPS) is 10.7. The number of anilines is 1. The van der Waals surface area contributed by atoms with Crippen LogP contribution in [0, 0.1) is 10.1 Å². The average Bonchev–Trinajstić information content (AvgIpc) is 3.17. The Kier molecular flexibility index (Phi) is 5.62. The van der Waals surface area contributed by atoms with E-state index in [0.29, 0.717) is 27.9 Å². The van der Waals surface area contributed by atoms with E-state index in [9.17, 15) is 10.1 Å². The van der Waals surface area contributed by atoms with E-state index in [4.69, 9.17) is 9.47 Å². The molecule has 0 aliphatic rings. The molecule has 138 valence electrons. The molecule has 0 atom stereocenters. The van der Waals surface area contributed by atoms with Crippen molar-refractivity contribution >= 4 is 28.4 Å². The molecule has 0 bridgehead atoms. The van der Waals surface area contributed by atoms with Gasteiger partial charge in [0.25, 0.3) is 5.69 Å². The number of non-ortho nitro benzene ring substituents is 1. The first-order valence-corrected chi connectivity index (χ1v) is 8.70. The third-order valence-electron chi connectivity index (χ3n) is 3.64. The predicted octanol–water partition coefficient (Wildman–Crippen LogP) is 4.18. The monoisotopic (exact) mass is 384 g/mol. The van der Waals surface area contributed by atoms with E-state index in [1.807, 2.05) is 11.4 Å². The minimum Gasteiger partial charge on any atom is -0.493 e. The summed E-state index contributed by atoms with van der Waals surface area (Å²) in [6, 6.07) is 11.8. The molecule has 0 fully saturated rings. The van der Waals surface area contributed by atoms with Crippen molar-refractivity contribution < 1.29 is 14.4 Å². The number of nitro benzene ring substituents is 1. The Morgan fingerprint density at radius 3 is 2.74 bits per heavy atom. The number of nitrogens with zero attached hydrogens (tertiary/aromatic N) is 3. The van der Waals surface area contributed by atoms with Crippen LogP contribution in [0.1, 0.15) is 5.56 Å². The Hall–Kier alpha value is -3.46. The van der Waals surface area contributed by atoms with Crippen molar-refractivity contribution in [3.05, 3.63) is 63.5 Å². The molecule has 3 aromatic rings. The van der Waals surface area contributed by atoms with Crippen molar-refractivity contribution in [3.8, 4) is 22.8 Å². The van der Waals surface area contributed by atoms with Crippen LogP contribution < -0.4 is 14.9 Å². The Morgan fingerprint density at radius 1 is 1.19 bits per heavy atom. The Labute approximate surface area is 159 Å². The third-order valence-corrected chi connectivity index (χ3v) is 4.39. The molecule has 9 heteroatoms. The van der Waals surface area contributed by atoms with Crippen LogP contribution in [0.5, 0.6) is 11.5 Å². The largest absolute Gasteiger partial charge is 0.493 e. The molecular weight excluding hydrogens is 368 g/mol. The lowest BCUT2D eigenvalue weighted by Crippen LogP contribution is -1.94. The second-order valence-corrected chi connectivity index (χ2v) is 6.19. The number of nitrogens with one attached hydrogen (secondary N) is 1. The van der Waals surface area contributed by atoms with Gasteiger partial charge in [-0.1, -0.05) is 12.1 Å². The zero-order valence-electron chi connectivity index (χ0n) is 14.6. The zero-order valence-corrected chi connectivity index (χ0v) is 15.4. The summed E-state index contributed by atoms with van der Waals surface area (Å²) >= 11 is 1.36. The van der Waals surface area contributed by atoms with Gasteiger partial charge in [0.1, 0.15) is 0 Å². The molecule has 0 unspecified atom stereocenters. The molecule has 8 nitrogen and oxygen atoms in total. The second-order valence-electron chi connectivity index (χ2n) is 5.33. The van der Waals surface area contributed by atoms with Crippen LogP contribution in [0.3, 0.4) is 0 Å². The van der Waals surface area contributed by atoms with Gasteiger partial charge in [0.15, 0.2) is 11.5 Å². The average molecular weight is 384 g/mol. The molecule has 0 amide bonds. The van der Waals surface area contributed by atoms with Gasteiger partial charge >= 0.3 is 0 Å². The molecule has 0 saturated carbocycles. The van der Waals surface area contributed by atoms with Gasteiger partial charge in [0.2, 0.25) is 5.13 Å². The Balaban J connectivity index is 1.70. The maximum absolute atomic E-state index is 10.9. The summed E-state index contributed by atoms with van der Waals surface area (Å²) in [7, 11) is 3.15. The van der Waals surface area contributed by atoms with Crippen LogP contribution in [0.2, 0.25) is 0 Å². The van der Waals surface area contributed by atoms with Gasteiger partial charge in [0.05, 0.1) is 31.1 Å². The highest BCUT2D eigenvalue weighted by Gasteiger charge is 2.10. The fourth-order valence-electron chi connectivity index (χ4n) is 2.33. The maximum atomic E-state index is 10.9. The highest BCUT2D eigenvalue weighted by molar-refractivity contribution is 7.14. The molecule has 2 aromatic carbocycles. The Bertz CT molecular complexity index is 987.